The van der Waals surface area contributed by atoms with E-state index in [4.69, 9.17) is 4.42 Å². The highest BCUT2D eigenvalue weighted by atomic mass is 16.3. The van der Waals surface area contributed by atoms with E-state index in [-0.39, 0.29) is 6.04 Å². The zero-order valence-corrected chi connectivity index (χ0v) is 9.44. The minimum absolute atomic E-state index is 0.288. The number of oxazole rings is 1. The fourth-order valence-electron chi connectivity index (χ4n) is 2.33. The normalized spacial score (nSPS) is 26.1. The Morgan fingerprint density at radius 1 is 1.38 bits per heavy atom. The van der Waals surface area contributed by atoms with Crippen LogP contribution in [0.25, 0.3) is 11.1 Å². The molecule has 2 aromatic rings. The minimum Gasteiger partial charge on any atom is -0.439 e. The Labute approximate surface area is 94.9 Å². The van der Waals surface area contributed by atoms with Gasteiger partial charge in [-0.25, -0.2) is 4.98 Å². The van der Waals surface area contributed by atoms with E-state index in [1.807, 2.05) is 24.3 Å². The number of fused-ring (bicyclic) bond motifs is 1. The molecule has 3 nitrogen and oxygen atoms in total. The molecule has 2 atom stereocenters. The van der Waals surface area contributed by atoms with Crippen molar-refractivity contribution in [3.63, 3.8) is 0 Å². The third-order valence-corrected chi connectivity index (χ3v) is 3.27. The summed E-state index contributed by atoms with van der Waals surface area (Å²) in [7, 11) is 0. The molecule has 0 radical (unpaired) electrons. The zero-order valence-electron chi connectivity index (χ0n) is 9.44. The molecule has 84 valence electrons. The summed E-state index contributed by atoms with van der Waals surface area (Å²) >= 11 is 0. The summed E-state index contributed by atoms with van der Waals surface area (Å²) in [6, 6.07) is 8.23. The third-order valence-electron chi connectivity index (χ3n) is 3.27. The number of para-hydroxylation sites is 2. The van der Waals surface area contributed by atoms with Crippen molar-refractivity contribution < 1.29 is 4.42 Å². The minimum atomic E-state index is 0.288. The Hall–Kier alpha value is -1.35. The molecule has 3 rings (SSSR count). The smallest absolute Gasteiger partial charge is 0.212 e. The number of hydrogen-bond donors (Lipinski definition) is 1. The predicted molar refractivity (Wildman–Crippen MR) is 63.2 cm³/mol. The average Bonchev–Trinajstić information content (AvgIpc) is 2.72. The molecule has 1 fully saturated rings. The van der Waals surface area contributed by atoms with E-state index in [1.165, 1.54) is 6.42 Å². The monoisotopic (exact) mass is 216 g/mol. The topological polar surface area (TPSA) is 38.1 Å². The van der Waals surface area contributed by atoms with Gasteiger partial charge < -0.3 is 9.73 Å². The maximum atomic E-state index is 5.78. The number of piperidine rings is 1. The Balaban J connectivity index is 1.93. The molecule has 16 heavy (non-hydrogen) atoms. The second-order valence-corrected chi connectivity index (χ2v) is 4.66. The van der Waals surface area contributed by atoms with Crippen molar-refractivity contribution in [3.8, 4) is 0 Å². The summed E-state index contributed by atoms with van der Waals surface area (Å²) in [5.74, 6) is 1.59. The van der Waals surface area contributed by atoms with Crippen LogP contribution < -0.4 is 5.32 Å². The fraction of sp³-hybridized carbons (Fsp3) is 0.462. The van der Waals surface area contributed by atoms with Gasteiger partial charge in [-0.15, -0.1) is 0 Å². The van der Waals surface area contributed by atoms with Gasteiger partial charge in [0.05, 0.1) is 6.04 Å². The fourth-order valence-corrected chi connectivity index (χ4v) is 2.33. The Morgan fingerprint density at radius 3 is 3.06 bits per heavy atom. The quantitative estimate of drug-likeness (QED) is 0.796. The summed E-state index contributed by atoms with van der Waals surface area (Å²) < 4.78 is 5.78. The first kappa shape index (κ1) is 9.85. The van der Waals surface area contributed by atoms with Crippen molar-refractivity contribution in [3.05, 3.63) is 30.2 Å². The van der Waals surface area contributed by atoms with Crippen molar-refractivity contribution in [1.82, 2.24) is 10.3 Å². The molecule has 1 N–H and O–H groups in total. The maximum absolute atomic E-state index is 5.78. The van der Waals surface area contributed by atoms with Crippen molar-refractivity contribution in [2.24, 2.45) is 5.92 Å². The molecule has 2 heterocycles. The molecule has 1 aliphatic heterocycles. The highest BCUT2D eigenvalue weighted by Crippen LogP contribution is 2.28. The number of aromatic nitrogens is 1. The van der Waals surface area contributed by atoms with Gasteiger partial charge in [-0.1, -0.05) is 19.1 Å². The molecule has 0 aliphatic carbocycles. The summed E-state index contributed by atoms with van der Waals surface area (Å²) in [5, 5.41) is 3.47. The van der Waals surface area contributed by atoms with Crippen molar-refractivity contribution in [1.29, 1.82) is 0 Å². The van der Waals surface area contributed by atoms with Gasteiger partial charge >= 0.3 is 0 Å². The first-order chi connectivity index (χ1) is 7.83. The van der Waals surface area contributed by atoms with Crippen molar-refractivity contribution in [2.45, 2.75) is 25.8 Å². The van der Waals surface area contributed by atoms with Gasteiger partial charge in [0.15, 0.2) is 5.58 Å². The lowest BCUT2D eigenvalue weighted by atomic mass is 9.94. The number of nitrogens with zero attached hydrogens (tertiary/aromatic N) is 1. The predicted octanol–water partition coefficient (Wildman–Crippen LogP) is 2.89. The molecular weight excluding hydrogens is 200 g/mol. The molecule has 0 amide bonds. The lowest BCUT2D eigenvalue weighted by Crippen LogP contribution is -2.30. The lowest BCUT2D eigenvalue weighted by Gasteiger charge is -2.25. The van der Waals surface area contributed by atoms with Crippen LogP contribution in [-0.2, 0) is 0 Å². The van der Waals surface area contributed by atoms with Gasteiger partial charge in [0, 0.05) is 0 Å². The zero-order chi connectivity index (χ0) is 11.0. The molecule has 0 spiro atoms. The van der Waals surface area contributed by atoms with E-state index in [0.29, 0.717) is 0 Å². The van der Waals surface area contributed by atoms with Crippen LogP contribution in [-0.4, -0.2) is 11.5 Å². The van der Waals surface area contributed by atoms with Gasteiger partial charge in [-0.05, 0) is 37.4 Å². The molecule has 1 aliphatic rings. The molecule has 2 unspecified atom stereocenters. The maximum Gasteiger partial charge on any atom is 0.212 e. The highest BCUT2D eigenvalue weighted by molar-refractivity contribution is 5.72. The first-order valence-corrected chi connectivity index (χ1v) is 5.92. The van der Waals surface area contributed by atoms with Crippen LogP contribution >= 0.6 is 0 Å². The first-order valence-electron chi connectivity index (χ1n) is 5.92. The van der Waals surface area contributed by atoms with E-state index >= 15 is 0 Å². The van der Waals surface area contributed by atoms with Crippen molar-refractivity contribution >= 4 is 11.1 Å². The average molecular weight is 216 g/mol. The highest BCUT2D eigenvalue weighted by Gasteiger charge is 2.23. The Kier molecular flexibility index (Phi) is 2.40. The third kappa shape index (κ3) is 1.71. The standard InChI is InChI=1S/C13H16N2O/c1-9-6-7-14-11(8-9)13-15-10-4-2-3-5-12(10)16-13/h2-5,9,11,14H,6-8H2,1H3. The summed E-state index contributed by atoms with van der Waals surface area (Å²) in [4.78, 5) is 4.54. The molecule has 3 heteroatoms. The summed E-state index contributed by atoms with van der Waals surface area (Å²) in [6.45, 7) is 3.35. The van der Waals surface area contributed by atoms with Crippen LogP contribution in [0.1, 0.15) is 31.7 Å². The largest absolute Gasteiger partial charge is 0.439 e. The molecule has 1 aromatic heterocycles. The second-order valence-electron chi connectivity index (χ2n) is 4.66. The lowest BCUT2D eigenvalue weighted by molar-refractivity contribution is 0.287. The number of benzene rings is 1. The van der Waals surface area contributed by atoms with Crippen LogP contribution in [0.15, 0.2) is 28.7 Å². The van der Waals surface area contributed by atoms with Gasteiger partial charge in [-0.3, -0.25) is 0 Å². The van der Waals surface area contributed by atoms with Gasteiger partial charge in [0.25, 0.3) is 0 Å². The Bertz CT molecular complexity index is 458. The number of hydrogen-bond acceptors (Lipinski definition) is 3. The summed E-state index contributed by atoms with van der Waals surface area (Å²) in [6.07, 6.45) is 2.36. The van der Waals surface area contributed by atoms with Crippen LogP contribution in [0.3, 0.4) is 0 Å². The Morgan fingerprint density at radius 2 is 2.25 bits per heavy atom. The van der Waals surface area contributed by atoms with Gasteiger partial charge in [0.1, 0.15) is 5.52 Å². The van der Waals surface area contributed by atoms with E-state index in [9.17, 15) is 0 Å². The molecule has 0 saturated carbocycles. The second kappa shape index (κ2) is 3.91. The summed E-state index contributed by atoms with van der Waals surface area (Å²) in [5.41, 5.74) is 1.84. The van der Waals surface area contributed by atoms with Gasteiger partial charge in [0.2, 0.25) is 5.89 Å². The molecule has 0 bridgehead atoms. The number of rotatable bonds is 1. The molecular formula is C13H16N2O. The van der Waals surface area contributed by atoms with E-state index in [0.717, 1.165) is 35.9 Å². The van der Waals surface area contributed by atoms with Crippen LogP contribution in [0.5, 0.6) is 0 Å². The van der Waals surface area contributed by atoms with E-state index in [2.05, 4.69) is 17.2 Å². The number of nitrogens with one attached hydrogen (secondary N) is 1. The van der Waals surface area contributed by atoms with Crippen LogP contribution in [0.2, 0.25) is 0 Å². The van der Waals surface area contributed by atoms with E-state index in [1.54, 1.807) is 0 Å². The van der Waals surface area contributed by atoms with Crippen molar-refractivity contribution in [2.75, 3.05) is 6.54 Å². The van der Waals surface area contributed by atoms with E-state index < -0.39 is 0 Å². The van der Waals surface area contributed by atoms with Crippen LogP contribution in [0.4, 0.5) is 0 Å². The van der Waals surface area contributed by atoms with Gasteiger partial charge in [-0.2, -0.15) is 0 Å². The molecule has 1 saturated heterocycles. The molecule has 1 aromatic carbocycles. The SMILES string of the molecule is CC1CCNC(c2nc3ccccc3o2)C1. The van der Waals surface area contributed by atoms with Crippen LogP contribution in [0, 0.1) is 5.92 Å².